The van der Waals surface area contributed by atoms with Crippen molar-refractivity contribution in [3.63, 3.8) is 0 Å². The predicted molar refractivity (Wildman–Crippen MR) is 116 cm³/mol. The summed E-state index contributed by atoms with van der Waals surface area (Å²) in [6.45, 7) is 0. The van der Waals surface area contributed by atoms with Gasteiger partial charge in [0, 0.05) is 30.3 Å². The Bertz CT molecular complexity index is 964. The highest BCUT2D eigenvalue weighted by Gasteiger charge is 2.23. The zero-order valence-corrected chi connectivity index (χ0v) is 17.4. The highest BCUT2D eigenvalue weighted by molar-refractivity contribution is 5.84. The van der Waals surface area contributed by atoms with Gasteiger partial charge in [0.2, 0.25) is 0 Å². The van der Waals surface area contributed by atoms with Crippen LogP contribution >= 0.6 is 0 Å². The van der Waals surface area contributed by atoms with Crippen molar-refractivity contribution in [1.29, 1.82) is 0 Å². The van der Waals surface area contributed by atoms with Crippen molar-refractivity contribution < 1.29 is 9.53 Å². The molecule has 0 N–H and O–H groups in total. The molecule has 2 aromatic heterocycles. The Morgan fingerprint density at radius 1 is 1.07 bits per heavy atom. The maximum absolute atomic E-state index is 11.0. The second-order valence-corrected chi connectivity index (χ2v) is 8.30. The molecule has 0 unspecified atom stereocenters. The van der Waals surface area contributed by atoms with E-state index < -0.39 is 0 Å². The van der Waals surface area contributed by atoms with Gasteiger partial charge in [-0.25, -0.2) is 0 Å². The quantitative estimate of drug-likeness (QED) is 0.552. The van der Waals surface area contributed by atoms with Crippen molar-refractivity contribution in [3.8, 4) is 0 Å². The second kappa shape index (κ2) is 8.81. The third-order valence-electron chi connectivity index (χ3n) is 6.17. The molecule has 0 saturated heterocycles. The minimum Gasteiger partial charge on any atom is -0.469 e. The van der Waals surface area contributed by atoms with Gasteiger partial charge in [0.1, 0.15) is 0 Å². The Morgan fingerprint density at radius 2 is 1.83 bits per heavy atom. The van der Waals surface area contributed by atoms with Gasteiger partial charge < -0.3 is 9.30 Å². The smallest absolute Gasteiger partial charge is 0.311 e. The molecule has 0 amide bonds. The highest BCUT2D eigenvalue weighted by Crippen LogP contribution is 2.39. The minimum absolute atomic E-state index is 0.239. The molecule has 2 fully saturated rings. The summed E-state index contributed by atoms with van der Waals surface area (Å²) in [4.78, 5) is 15.2. The lowest BCUT2D eigenvalue weighted by Crippen LogP contribution is -2.05. The Labute approximate surface area is 172 Å². The van der Waals surface area contributed by atoms with E-state index in [-0.39, 0.29) is 12.4 Å². The van der Waals surface area contributed by atoms with E-state index in [9.17, 15) is 4.79 Å². The van der Waals surface area contributed by atoms with Gasteiger partial charge in [0.15, 0.2) is 0 Å². The van der Waals surface area contributed by atoms with E-state index in [1.165, 1.54) is 62.1 Å². The number of carbonyl (C=O) groups excluding carboxylic acids is 1. The Kier molecular flexibility index (Phi) is 5.98. The number of nitrogens with zero attached hydrogens (tertiary/aromatic N) is 2. The summed E-state index contributed by atoms with van der Waals surface area (Å²) in [6, 6.07) is 12.7. The van der Waals surface area contributed by atoms with Gasteiger partial charge in [-0.3, -0.25) is 9.78 Å². The zero-order chi connectivity index (χ0) is 20.2. The summed E-state index contributed by atoms with van der Waals surface area (Å²) < 4.78 is 6.83. The number of aromatic nitrogens is 2. The molecular weight excluding hydrogens is 360 g/mol. The number of hydrogen-bond acceptors (Lipinski definition) is 3. The first-order valence-electron chi connectivity index (χ1n) is 10.7. The van der Waals surface area contributed by atoms with Crippen molar-refractivity contribution in [1.82, 2.24) is 9.55 Å². The maximum Gasteiger partial charge on any atom is 0.311 e. The van der Waals surface area contributed by atoms with Gasteiger partial charge >= 0.3 is 5.97 Å². The fourth-order valence-corrected chi connectivity index (χ4v) is 4.35. The minimum atomic E-state index is -0.239. The standard InChI is InChI=1S/C14H17N.C11H13NO2/c1-15-10-13(11-6-2-3-7-11)12-8-4-5-9-14(12)15;1-14-11(13)6-10-5-4-9(7-12-10)8-2-3-8/h4-5,8-11H,2-3,6-7H2,1H3;4-5,7-8H,2-3,6H2,1H3. The molecule has 152 valence electrons. The van der Waals surface area contributed by atoms with Crippen LogP contribution in [0.5, 0.6) is 0 Å². The highest BCUT2D eigenvalue weighted by atomic mass is 16.5. The van der Waals surface area contributed by atoms with E-state index in [1.807, 2.05) is 12.3 Å². The molecule has 0 aliphatic heterocycles. The first-order valence-corrected chi connectivity index (χ1v) is 10.7. The summed E-state index contributed by atoms with van der Waals surface area (Å²) in [5.41, 5.74) is 5.02. The molecule has 0 radical (unpaired) electrons. The first kappa shape index (κ1) is 19.7. The third kappa shape index (κ3) is 4.69. The number of pyridine rings is 1. The number of methoxy groups -OCH3 is 1. The van der Waals surface area contributed by atoms with Gasteiger partial charge in [0.05, 0.1) is 19.2 Å². The topological polar surface area (TPSA) is 44.1 Å². The van der Waals surface area contributed by atoms with Crippen LogP contribution in [0, 0.1) is 0 Å². The Hall–Kier alpha value is -2.62. The average Bonchev–Trinajstić information content (AvgIpc) is 3.35. The number of carbonyl (C=O) groups is 1. The van der Waals surface area contributed by atoms with Crippen LogP contribution < -0.4 is 0 Å². The van der Waals surface area contributed by atoms with Crippen molar-refractivity contribution in [2.75, 3.05) is 7.11 Å². The van der Waals surface area contributed by atoms with Gasteiger partial charge in [-0.1, -0.05) is 37.1 Å². The zero-order valence-electron chi connectivity index (χ0n) is 17.4. The largest absolute Gasteiger partial charge is 0.469 e. The normalized spacial score (nSPS) is 16.5. The van der Waals surface area contributed by atoms with Gasteiger partial charge in [-0.2, -0.15) is 0 Å². The number of hydrogen-bond donors (Lipinski definition) is 0. The van der Waals surface area contributed by atoms with Crippen molar-refractivity contribution in [2.24, 2.45) is 7.05 Å². The van der Waals surface area contributed by atoms with E-state index >= 15 is 0 Å². The van der Waals surface area contributed by atoms with Crippen LogP contribution in [0.4, 0.5) is 0 Å². The molecule has 0 atom stereocenters. The Morgan fingerprint density at radius 3 is 2.48 bits per heavy atom. The first-order chi connectivity index (χ1) is 14.2. The molecule has 2 heterocycles. The molecule has 4 nitrogen and oxygen atoms in total. The predicted octanol–water partition coefficient (Wildman–Crippen LogP) is 5.51. The van der Waals surface area contributed by atoms with Crippen LogP contribution in [0.25, 0.3) is 10.9 Å². The number of rotatable bonds is 4. The van der Waals surface area contributed by atoms with Crippen molar-refractivity contribution in [3.05, 3.63) is 65.6 Å². The van der Waals surface area contributed by atoms with Crippen LogP contribution in [0.1, 0.15) is 67.2 Å². The van der Waals surface area contributed by atoms with Gasteiger partial charge in [0.25, 0.3) is 0 Å². The van der Waals surface area contributed by atoms with Crippen LogP contribution in [0.15, 0.2) is 48.8 Å². The molecule has 2 aliphatic carbocycles. The summed E-state index contributed by atoms with van der Waals surface area (Å²) in [5.74, 6) is 1.29. The van der Waals surface area contributed by atoms with Crippen LogP contribution in [0.3, 0.4) is 0 Å². The van der Waals surface area contributed by atoms with E-state index in [2.05, 4.69) is 57.9 Å². The van der Waals surface area contributed by atoms with E-state index in [0.29, 0.717) is 0 Å². The number of benzene rings is 1. The number of esters is 1. The van der Waals surface area contributed by atoms with Gasteiger partial charge in [-0.15, -0.1) is 0 Å². The SMILES string of the molecule is COC(=O)Cc1ccc(C2CC2)cn1.Cn1cc(C2CCCC2)c2ccccc21. The van der Waals surface area contributed by atoms with Crippen LogP contribution in [-0.2, 0) is 23.0 Å². The lowest BCUT2D eigenvalue weighted by molar-refractivity contribution is -0.139. The molecule has 2 saturated carbocycles. The van der Waals surface area contributed by atoms with Crippen LogP contribution in [0.2, 0.25) is 0 Å². The number of para-hydroxylation sites is 1. The summed E-state index contributed by atoms with van der Waals surface area (Å²) in [7, 11) is 3.54. The van der Waals surface area contributed by atoms with Crippen molar-refractivity contribution >= 4 is 16.9 Å². The molecule has 29 heavy (non-hydrogen) atoms. The summed E-state index contributed by atoms with van der Waals surface area (Å²) in [6.07, 6.45) is 12.6. The molecule has 0 spiro atoms. The fourth-order valence-electron chi connectivity index (χ4n) is 4.35. The van der Waals surface area contributed by atoms with Crippen LogP contribution in [-0.4, -0.2) is 22.6 Å². The maximum atomic E-state index is 11.0. The number of ether oxygens (including phenoxy) is 1. The fraction of sp³-hybridized carbons (Fsp3) is 0.440. The molecule has 3 aromatic rings. The molecule has 5 rings (SSSR count). The molecular formula is C25H30N2O2. The van der Waals surface area contributed by atoms with E-state index in [1.54, 1.807) is 5.56 Å². The summed E-state index contributed by atoms with van der Waals surface area (Å²) >= 11 is 0. The number of aryl methyl sites for hydroxylation is 1. The molecule has 1 aromatic carbocycles. The number of fused-ring (bicyclic) bond motifs is 1. The molecule has 2 aliphatic rings. The van der Waals surface area contributed by atoms with Gasteiger partial charge in [-0.05, 0) is 60.8 Å². The van der Waals surface area contributed by atoms with E-state index in [0.717, 1.165) is 17.5 Å². The molecule has 0 bridgehead atoms. The lowest BCUT2D eigenvalue weighted by atomic mass is 9.97. The Balaban J connectivity index is 0.000000142. The third-order valence-corrected chi connectivity index (χ3v) is 6.17. The van der Waals surface area contributed by atoms with Crippen molar-refractivity contribution in [2.45, 2.75) is 56.8 Å². The monoisotopic (exact) mass is 390 g/mol. The molecule has 4 heteroatoms. The summed E-state index contributed by atoms with van der Waals surface area (Å²) in [5, 5.41) is 1.46. The van der Waals surface area contributed by atoms with E-state index in [4.69, 9.17) is 0 Å². The lowest BCUT2D eigenvalue weighted by Gasteiger charge is -2.06. The average molecular weight is 391 g/mol. The second-order valence-electron chi connectivity index (χ2n) is 8.30.